The summed E-state index contributed by atoms with van der Waals surface area (Å²) in [6.45, 7) is 9.85. The number of H-pyrrole nitrogens is 1. The highest BCUT2D eigenvalue weighted by atomic mass is 16.5. The number of aromatic nitrogens is 2. The third-order valence-electron chi connectivity index (χ3n) is 8.64. The van der Waals surface area contributed by atoms with E-state index in [4.69, 9.17) is 4.74 Å². The normalized spacial score (nSPS) is 15.2. The maximum absolute atomic E-state index is 14.2. The van der Waals surface area contributed by atoms with Gasteiger partial charge in [0.2, 0.25) is 0 Å². The molecule has 0 spiro atoms. The van der Waals surface area contributed by atoms with Crippen molar-refractivity contribution in [3.05, 3.63) is 105 Å². The molecule has 2 unspecified atom stereocenters. The number of anilines is 3. The average Bonchev–Trinajstić information content (AvgIpc) is 3.07. The number of nitrogens with zero attached hydrogens (tertiary/aromatic N) is 3. The summed E-state index contributed by atoms with van der Waals surface area (Å²) in [4.78, 5) is 36.0. The molecule has 0 radical (unpaired) electrons. The van der Waals surface area contributed by atoms with E-state index in [0.717, 1.165) is 23.2 Å². The fraction of sp³-hybridized carbons (Fsp3) is 0.351. The number of carbonyl (C=O) groups is 1. The number of carbonyl (C=O) groups excluding carboxylic acids is 1. The zero-order valence-corrected chi connectivity index (χ0v) is 27.6. The first-order valence-electron chi connectivity index (χ1n) is 15.8. The Kier molecular flexibility index (Phi) is 10.2. The van der Waals surface area contributed by atoms with Crippen LogP contribution in [-0.2, 0) is 29.7 Å². The minimum atomic E-state index is -0.468. The number of fused-ring (bicyclic) bond motifs is 1. The number of ether oxygens (including phenoxy) is 1. The monoisotopic (exact) mass is 634 g/mol. The summed E-state index contributed by atoms with van der Waals surface area (Å²) in [5, 5.41) is 27.1. The molecule has 47 heavy (non-hydrogen) atoms. The number of pyridine rings is 2. The lowest BCUT2D eigenvalue weighted by Gasteiger charge is -2.39. The lowest BCUT2D eigenvalue weighted by molar-refractivity contribution is 0.0961. The maximum Gasteiger partial charge on any atom is 0.271 e. The fourth-order valence-corrected chi connectivity index (χ4v) is 5.93. The van der Waals surface area contributed by atoms with Crippen LogP contribution in [0, 0.1) is 17.2 Å². The van der Waals surface area contributed by atoms with E-state index in [9.17, 15) is 20.0 Å². The van der Waals surface area contributed by atoms with Gasteiger partial charge in [-0.3, -0.25) is 9.59 Å². The van der Waals surface area contributed by atoms with E-state index in [1.807, 2.05) is 37.3 Å². The first-order chi connectivity index (χ1) is 22.5. The van der Waals surface area contributed by atoms with Crippen LogP contribution >= 0.6 is 0 Å². The molecule has 1 aliphatic heterocycles. The molecule has 0 bridgehead atoms. The van der Waals surface area contributed by atoms with Gasteiger partial charge >= 0.3 is 0 Å². The highest BCUT2D eigenvalue weighted by molar-refractivity contribution is 6.09. The molecule has 10 heteroatoms. The number of hydrogen-bond acceptors (Lipinski definition) is 8. The molecule has 2 atom stereocenters. The second-order valence-corrected chi connectivity index (χ2v) is 12.9. The van der Waals surface area contributed by atoms with Gasteiger partial charge in [0.25, 0.3) is 11.5 Å². The van der Waals surface area contributed by atoms with Crippen molar-refractivity contribution in [2.75, 3.05) is 30.5 Å². The quantitative estimate of drug-likeness (QED) is 0.160. The summed E-state index contributed by atoms with van der Waals surface area (Å²) in [7, 11) is 1.66. The van der Waals surface area contributed by atoms with Crippen LogP contribution in [0.3, 0.4) is 0 Å². The molecule has 2 aromatic carbocycles. The van der Waals surface area contributed by atoms with Crippen LogP contribution in [0.1, 0.15) is 60.3 Å². The topological polar surface area (TPSA) is 143 Å². The molecule has 0 fully saturated rings. The zero-order chi connectivity index (χ0) is 33.7. The number of nitriles is 1. The summed E-state index contributed by atoms with van der Waals surface area (Å²) in [5.74, 6) is -0.174. The third-order valence-corrected chi connectivity index (χ3v) is 8.64. The highest BCUT2D eigenvalue weighted by Crippen LogP contribution is 2.39. The van der Waals surface area contributed by atoms with E-state index < -0.39 is 12.0 Å². The summed E-state index contributed by atoms with van der Waals surface area (Å²) < 4.78 is 5.06. The van der Waals surface area contributed by atoms with Gasteiger partial charge in [0, 0.05) is 49.3 Å². The maximum atomic E-state index is 14.2. The number of amides is 1. The minimum Gasteiger partial charge on any atom is -0.392 e. The van der Waals surface area contributed by atoms with Crippen LogP contribution in [0.2, 0.25) is 0 Å². The predicted octanol–water partition coefficient (Wildman–Crippen LogP) is 5.44. The SMILES string of the molecule is COCCNCc1ccc(Nc2cc(-c3cccc(N4C(=O)c5ccc(C(C)(C)C)cc5CC4C(C)C#N)c3CO)c[nH]c2=O)nc1. The second kappa shape index (κ2) is 14.3. The number of nitrogens with one attached hydrogen (secondary N) is 3. The van der Waals surface area contributed by atoms with Crippen LogP contribution < -0.4 is 21.1 Å². The van der Waals surface area contributed by atoms with Crippen molar-refractivity contribution in [1.82, 2.24) is 15.3 Å². The van der Waals surface area contributed by atoms with Gasteiger partial charge in [-0.1, -0.05) is 51.1 Å². The van der Waals surface area contributed by atoms with E-state index in [2.05, 4.69) is 53.5 Å². The highest BCUT2D eigenvalue weighted by Gasteiger charge is 2.38. The molecule has 10 nitrogen and oxygen atoms in total. The minimum absolute atomic E-state index is 0.0879. The average molecular weight is 635 g/mol. The van der Waals surface area contributed by atoms with Crippen LogP contribution in [0.25, 0.3) is 11.1 Å². The largest absolute Gasteiger partial charge is 0.392 e. The van der Waals surface area contributed by atoms with Crippen molar-refractivity contribution in [2.45, 2.75) is 58.7 Å². The van der Waals surface area contributed by atoms with E-state index in [-0.39, 0.29) is 29.2 Å². The molecule has 1 amide bonds. The number of methoxy groups -OCH3 is 1. The Morgan fingerprint density at radius 2 is 1.96 bits per heavy atom. The van der Waals surface area contributed by atoms with Crippen LogP contribution in [0.4, 0.5) is 17.2 Å². The third kappa shape index (κ3) is 7.28. The van der Waals surface area contributed by atoms with Crippen molar-refractivity contribution in [2.24, 2.45) is 5.92 Å². The lowest BCUT2D eigenvalue weighted by atomic mass is 9.81. The smallest absolute Gasteiger partial charge is 0.271 e. The number of aliphatic hydroxyl groups excluding tert-OH is 1. The number of benzene rings is 2. The lowest BCUT2D eigenvalue weighted by Crippen LogP contribution is -2.49. The van der Waals surface area contributed by atoms with E-state index in [1.54, 1.807) is 42.6 Å². The van der Waals surface area contributed by atoms with Crippen LogP contribution in [0.15, 0.2) is 71.8 Å². The number of rotatable bonds is 11. The molecule has 5 rings (SSSR count). The van der Waals surface area contributed by atoms with Crippen molar-refractivity contribution < 1.29 is 14.6 Å². The van der Waals surface area contributed by atoms with Gasteiger partial charge in [-0.05, 0) is 65.3 Å². The van der Waals surface area contributed by atoms with Crippen LogP contribution in [0.5, 0.6) is 0 Å². The summed E-state index contributed by atoms with van der Waals surface area (Å²) in [6, 6.07) is 18.8. The molecule has 0 aliphatic carbocycles. The van der Waals surface area contributed by atoms with Crippen LogP contribution in [-0.4, -0.2) is 47.3 Å². The van der Waals surface area contributed by atoms with Gasteiger partial charge in [-0.25, -0.2) is 4.98 Å². The first kappa shape index (κ1) is 33.5. The zero-order valence-electron chi connectivity index (χ0n) is 27.6. The van der Waals surface area contributed by atoms with E-state index >= 15 is 0 Å². The number of aliphatic hydroxyl groups is 1. The number of aromatic amines is 1. The number of hydrogen-bond donors (Lipinski definition) is 4. The summed E-state index contributed by atoms with van der Waals surface area (Å²) in [6.07, 6.45) is 3.84. The Balaban J connectivity index is 1.49. The molecule has 244 valence electrons. The molecule has 4 N–H and O–H groups in total. The standard InChI is InChI=1S/C37H42N6O4/c1-23(18-38)33-17-25-15-27(37(2,3)4)10-11-29(25)36(46)43(33)32-8-6-7-28(30(32)22-44)26-16-31(35(45)41-21-26)42-34-12-9-24(20-40-34)19-39-13-14-47-5/h6-12,15-16,20-21,23,33,39,44H,13-14,17,19,22H2,1-5H3,(H,40,42)(H,41,45). The molecule has 2 aromatic heterocycles. The first-order valence-corrected chi connectivity index (χ1v) is 15.8. The van der Waals surface area contributed by atoms with E-state index in [1.165, 1.54) is 0 Å². The van der Waals surface area contributed by atoms with Gasteiger partial charge in [-0.15, -0.1) is 0 Å². The molecular weight excluding hydrogens is 592 g/mol. The Labute approximate surface area is 275 Å². The predicted molar refractivity (Wildman–Crippen MR) is 184 cm³/mol. The van der Waals surface area contributed by atoms with Gasteiger partial charge in [-0.2, -0.15) is 5.26 Å². The van der Waals surface area contributed by atoms with Crippen molar-refractivity contribution in [1.29, 1.82) is 5.26 Å². The summed E-state index contributed by atoms with van der Waals surface area (Å²) >= 11 is 0. The molecular formula is C37H42N6O4. The fourth-order valence-electron chi connectivity index (χ4n) is 5.93. The molecule has 4 aromatic rings. The van der Waals surface area contributed by atoms with Crippen molar-refractivity contribution in [3.63, 3.8) is 0 Å². The molecule has 0 saturated heterocycles. The Morgan fingerprint density at radius 1 is 1.15 bits per heavy atom. The Bertz CT molecular complexity index is 1840. The van der Waals surface area contributed by atoms with Gasteiger partial charge in [0.1, 0.15) is 11.5 Å². The van der Waals surface area contributed by atoms with Crippen molar-refractivity contribution in [3.8, 4) is 17.2 Å². The Hall–Kier alpha value is -4.82. The second-order valence-electron chi connectivity index (χ2n) is 12.9. The molecule has 0 saturated carbocycles. The van der Waals surface area contributed by atoms with Gasteiger partial charge in [0.15, 0.2) is 0 Å². The molecule has 3 heterocycles. The molecule has 1 aliphatic rings. The van der Waals surface area contributed by atoms with Gasteiger partial charge < -0.3 is 30.4 Å². The van der Waals surface area contributed by atoms with Crippen molar-refractivity contribution >= 4 is 23.1 Å². The summed E-state index contributed by atoms with van der Waals surface area (Å²) in [5.41, 5.74) is 5.84. The van der Waals surface area contributed by atoms with E-state index in [0.29, 0.717) is 53.3 Å². The Morgan fingerprint density at radius 3 is 2.64 bits per heavy atom. The van der Waals surface area contributed by atoms with Gasteiger partial charge in [0.05, 0.1) is 36.9 Å².